The number of rotatable bonds is 12. The number of nitrogens with one attached hydrogen (secondary N) is 1. The molecule has 9 aromatic rings. The fourth-order valence-electron chi connectivity index (χ4n) is 10.3. The highest BCUT2D eigenvalue weighted by Gasteiger charge is 2.40. The third-order valence-electron chi connectivity index (χ3n) is 13.9. The summed E-state index contributed by atoms with van der Waals surface area (Å²) in [6.45, 7) is 0. The molecule has 0 saturated heterocycles. The zero-order chi connectivity index (χ0) is 49.2. The van der Waals surface area contributed by atoms with Crippen LogP contribution in [0.4, 0.5) is 10.5 Å². The van der Waals surface area contributed by atoms with Crippen molar-refractivity contribution in [1.29, 1.82) is 0 Å². The Labute approximate surface area is 426 Å². The minimum Gasteiger partial charge on any atom is -0.446 e. The van der Waals surface area contributed by atoms with Gasteiger partial charge in [0.25, 0.3) is 0 Å². The van der Waals surface area contributed by atoms with E-state index in [1.165, 1.54) is 22.3 Å². The van der Waals surface area contributed by atoms with Crippen LogP contribution in [0.15, 0.2) is 243 Å². The van der Waals surface area contributed by atoms with Crippen molar-refractivity contribution in [3.05, 3.63) is 293 Å². The lowest BCUT2D eigenvalue weighted by molar-refractivity contribution is 0.106. The summed E-state index contributed by atoms with van der Waals surface area (Å²) < 4.78 is 10.2. The topological polar surface area (TPSA) is 94.2 Å². The fourth-order valence-corrected chi connectivity index (χ4v) is 10.5. The van der Waals surface area contributed by atoms with Crippen molar-refractivity contribution in [3.8, 4) is 0 Å². The van der Waals surface area contributed by atoms with Crippen molar-refractivity contribution in [1.82, 2.24) is 19.1 Å². The Balaban J connectivity index is 0.000000172. The summed E-state index contributed by atoms with van der Waals surface area (Å²) in [6, 6.07) is 70.6. The van der Waals surface area contributed by atoms with Gasteiger partial charge in [0, 0.05) is 29.5 Å². The molecule has 0 saturated carbocycles. The maximum atomic E-state index is 12.4. The van der Waals surface area contributed by atoms with Crippen LogP contribution in [-0.4, -0.2) is 42.5 Å². The number of aromatic nitrogens is 4. The van der Waals surface area contributed by atoms with E-state index in [1.54, 1.807) is 24.3 Å². The number of nitrogens with zero attached hydrogens (tertiary/aromatic N) is 4. The predicted octanol–water partition coefficient (Wildman–Crippen LogP) is 14.2. The number of aliphatic hydroxyl groups excluding tert-OH is 1. The highest BCUT2D eigenvalue weighted by molar-refractivity contribution is 6.30. The fraction of sp³-hybridized carbons (Fsp3) is 0.159. The van der Waals surface area contributed by atoms with E-state index in [0.717, 1.165) is 59.3 Å². The molecule has 9 heteroatoms. The molecular weight excluding hydrogens is 910 g/mol. The van der Waals surface area contributed by atoms with E-state index in [4.69, 9.17) is 26.3 Å². The van der Waals surface area contributed by atoms with Crippen molar-refractivity contribution in [2.24, 2.45) is 0 Å². The number of carbonyl (C=O) groups excluding carboxylic acids is 1. The highest BCUT2D eigenvalue weighted by atomic mass is 35.5. The van der Waals surface area contributed by atoms with Gasteiger partial charge in [0.2, 0.25) is 0 Å². The van der Waals surface area contributed by atoms with Gasteiger partial charge in [-0.1, -0.05) is 206 Å². The van der Waals surface area contributed by atoms with Gasteiger partial charge < -0.3 is 19.0 Å². The summed E-state index contributed by atoms with van der Waals surface area (Å²) in [5.74, 6) is 0. The first-order valence-corrected chi connectivity index (χ1v) is 25.0. The second-order valence-corrected chi connectivity index (χ2v) is 18.7. The standard InChI is InChI=1S/C35H30ClN3O2.C28H26N2O/c36-30-18-20-31(21-19-30)38-34(40)41-32-22-16-26(17-23-32)33-24-39(25-37-33)35(27-10-4-1-5-11-27,28-12-6-2-7-13-28)29-14-8-3-9-15-29;31-26-18-16-22(17-19-26)27-20-30(21-29-27)28(23-10-4-1-5-11-23,24-12-6-2-7-13-24)25-14-8-3-9-15-25/h1-16,18-21,24-25,32H,17,22-23H2,(H,38,40);1-16,20-21,26,31H,17-19H2. The van der Waals surface area contributed by atoms with Gasteiger partial charge in [0.05, 0.1) is 30.1 Å². The minimum atomic E-state index is -0.602. The first-order valence-electron chi connectivity index (χ1n) is 24.6. The van der Waals surface area contributed by atoms with Crippen molar-refractivity contribution >= 4 is 34.5 Å². The Bertz CT molecular complexity index is 3040. The molecule has 0 aliphatic heterocycles. The number of carbonyl (C=O) groups is 1. The number of anilines is 1. The molecule has 0 fully saturated rings. The van der Waals surface area contributed by atoms with E-state index in [1.807, 2.05) is 30.9 Å². The SMILES string of the molecule is O=C(Nc1ccc(Cl)cc1)OC1CC=C(c2cn(C(c3ccccc3)(c3ccccc3)c3ccccc3)cn2)CC1.OC1CC=C(c2cn(C(c3ccccc3)(c3ccccc3)c3ccccc3)cn2)CC1. The number of hydrogen-bond donors (Lipinski definition) is 2. The average Bonchev–Trinajstić information content (AvgIpc) is 4.15. The van der Waals surface area contributed by atoms with Gasteiger partial charge >= 0.3 is 6.09 Å². The summed E-state index contributed by atoms with van der Waals surface area (Å²) in [5.41, 5.74) is 10.8. The predicted molar refractivity (Wildman–Crippen MR) is 289 cm³/mol. The Kier molecular flexibility index (Phi) is 14.5. The van der Waals surface area contributed by atoms with Crippen molar-refractivity contribution < 1.29 is 14.6 Å². The van der Waals surface area contributed by atoms with E-state index in [-0.39, 0.29) is 12.2 Å². The third-order valence-corrected chi connectivity index (χ3v) is 14.1. The van der Waals surface area contributed by atoms with E-state index in [0.29, 0.717) is 23.6 Å². The quantitative estimate of drug-likeness (QED) is 0.119. The van der Waals surface area contributed by atoms with Crippen LogP contribution < -0.4 is 5.32 Å². The lowest BCUT2D eigenvalue weighted by Crippen LogP contribution is -2.36. The molecule has 11 rings (SSSR count). The van der Waals surface area contributed by atoms with E-state index in [9.17, 15) is 9.90 Å². The lowest BCUT2D eigenvalue weighted by atomic mass is 9.76. The van der Waals surface area contributed by atoms with Gasteiger partial charge in [-0.2, -0.15) is 0 Å². The van der Waals surface area contributed by atoms with Crippen LogP contribution in [0.2, 0.25) is 5.02 Å². The molecule has 358 valence electrons. The molecule has 2 heterocycles. The Morgan fingerprint density at radius 2 is 0.875 bits per heavy atom. The highest BCUT2D eigenvalue weighted by Crippen LogP contribution is 2.43. The molecule has 2 aromatic heterocycles. The number of imidazole rings is 2. The molecule has 2 aliphatic rings. The number of allylic oxidation sites excluding steroid dienone is 2. The van der Waals surface area contributed by atoms with Gasteiger partial charge in [-0.3, -0.25) is 5.32 Å². The summed E-state index contributed by atoms with van der Waals surface area (Å²) >= 11 is 5.93. The monoisotopic (exact) mass is 965 g/mol. The van der Waals surface area contributed by atoms with Crippen molar-refractivity contribution in [2.45, 2.75) is 61.8 Å². The number of ether oxygens (including phenoxy) is 1. The van der Waals surface area contributed by atoms with E-state index < -0.39 is 17.2 Å². The van der Waals surface area contributed by atoms with E-state index >= 15 is 0 Å². The molecule has 2 atom stereocenters. The maximum Gasteiger partial charge on any atom is 0.411 e. The van der Waals surface area contributed by atoms with Gasteiger partial charge in [-0.05, 0) is 101 Å². The third kappa shape index (κ3) is 9.97. The van der Waals surface area contributed by atoms with Crippen LogP contribution in [0, 0.1) is 0 Å². The second-order valence-electron chi connectivity index (χ2n) is 18.3. The van der Waals surface area contributed by atoms with Crippen LogP contribution in [0.25, 0.3) is 11.1 Å². The van der Waals surface area contributed by atoms with Crippen molar-refractivity contribution in [3.63, 3.8) is 0 Å². The van der Waals surface area contributed by atoms with Crippen LogP contribution in [0.1, 0.15) is 83.3 Å². The molecular formula is C63H56ClN5O3. The maximum absolute atomic E-state index is 12.4. The van der Waals surface area contributed by atoms with Gasteiger partial charge in [-0.15, -0.1) is 0 Å². The Morgan fingerprint density at radius 3 is 1.21 bits per heavy atom. The Hall–Kier alpha value is -8.04. The van der Waals surface area contributed by atoms with Crippen LogP contribution in [0.5, 0.6) is 0 Å². The largest absolute Gasteiger partial charge is 0.446 e. The number of benzene rings is 7. The molecule has 1 amide bonds. The lowest BCUT2D eigenvalue weighted by Gasteiger charge is -2.37. The summed E-state index contributed by atoms with van der Waals surface area (Å²) in [6.07, 6.45) is 16.1. The zero-order valence-electron chi connectivity index (χ0n) is 39.9. The van der Waals surface area contributed by atoms with Crippen LogP contribution in [-0.2, 0) is 15.8 Å². The average molecular weight is 967 g/mol. The smallest absolute Gasteiger partial charge is 0.411 e. The molecule has 2 unspecified atom stereocenters. The number of hydrogen-bond acceptors (Lipinski definition) is 5. The Morgan fingerprint density at radius 1 is 0.514 bits per heavy atom. The van der Waals surface area contributed by atoms with Gasteiger partial charge in [0.1, 0.15) is 17.2 Å². The number of amides is 1. The first kappa shape index (κ1) is 47.6. The molecule has 72 heavy (non-hydrogen) atoms. The zero-order valence-corrected chi connectivity index (χ0v) is 40.7. The molecule has 7 aromatic carbocycles. The molecule has 0 spiro atoms. The van der Waals surface area contributed by atoms with Crippen molar-refractivity contribution in [2.75, 3.05) is 5.32 Å². The first-order chi connectivity index (χ1) is 35.4. The normalized spacial score (nSPS) is 15.8. The number of aliphatic hydroxyl groups is 1. The van der Waals surface area contributed by atoms with Crippen LogP contribution in [0.3, 0.4) is 0 Å². The van der Waals surface area contributed by atoms with E-state index in [2.05, 4.69) is 203 Å². The summed E-state index contributed by atoms with van der Waals surface area (Å²) in [7, 11) is 0. The molecule has 2 aliphatic carbocycles. The van der Waals surface area contributed by atoms with Crippen LogP contribution >= 0.6 is 11.6 Å². The molecule has 0 bridgehead atoms. The molecule has 0 radical (unpaired) electrons. The minimum absolute atomic E-state index is 0.190. The number of halogens is 1. The van der Waals surface area contributed by atoms with Gasteiger partial charge in [0.15, 0.2) is 0 Å². The summed E-state index contributed by atoms with van der Waals surface area (Å²) in [4.78, 5) is 22.1. The summed E-state index contributed by atoms with van der Waals surface area (Å²) in [5, 5.41) is 13.3. The second kappa shape index (κ2) is 21.9. The molecule has 8 nitrogen and oxygen atoms in total. The van der Waals surface area contributed by atoms with Gasteiger partial charge in [-0.25, -0.2) is 14.8 Å². The molecule has 2 N–H and O–H groups in total.